The predicted molar refractivity (Wildman–Crippen MR) is 73.5 cm³/mol. The Bertz CT molecular complexity index is 357. The van der Waals surface area contributed by atoms with Gasteiger partial charge in [0.25, 0.3) is 0 Å². The first-order valence-corrected chi connectivity index (χ1v) is 7.43. The van der Waals surface area contributed by atoms with E-state index in [2.05, 4.69) is 20.8 Å². The van der Waals surface area contributed by atoms with Crippen molar-refractivity contribution in [3.63, 3.8) is 0 Å². The first-order chi connectivity index (χ1) is 8.84. The standard InChI is InChI=1S/C15H27NO3/c1-11(2)12-9-19-15(4)10-14(3,7-5-6-8-17)13(18)16(12)15/h11-12,17H,5-10H2,1-4H3/t12-,14-,15-/m1/s1. The highest BCUT2D eigenvalue weighted by Crippen LogP contribution is 2.50. The van der Waals surface area contributed by atoms with Crippen LogP contribution in [0.5, 0.6) is 0 Å². The molecule has 2 rings (SSSR count). The van der Waals surface area contributed by atoms with Crippen LogP contribution in [0.3, 0.4) is 0 Å². The third kappa shape index (κ3) is 2.40. The summed E-state index contributed by atoms with van der Waals surface area (Å²) in [6.45, 7) is 9.26. The first-order valence-electron chi connectivity index (χ1n) is 7.43. The van der Waals surface area contributed by atoms with Crippen LogP contribution >= 0.6 is 0 Å². The number of ether oxygens (including phenoxy) is 1. The summed E-state index contributed by atoms with van der Waals surface area (Å²) in [4.78, 5) is 14.8. The maximum atomic E-state index is 12.8. The highest BCUT2D eigenvalue weighted by Gasteiger charge is 2.60. The Hall–Kier alpha value is -0.610. The van der Waals surface area contributed by atoms with E-state index in [-0.39, 0.29) is 24.0 Å². The van der Waals surface area contributed by atoms with Gasteiger partial charge in [-0.3, -0.25) is 4.79 Å². The minimum Gasteiger partial charge on any atom is -0.396 e. The van der Waals surface area contributed by atoms with Crippen molar-refractivity contribution in [3.8, 4) is 0 Å². The van der Waals surface area contributed by atoms with E-state index in [4.69, 9.17) is 9.84 Å². The lowest BCUT2D eigenvalue weighted by molar-refractivity contribution is -0.142. The van der Waals surface area contributed by atoms with Gasteiger partial charge in [0, 0.05) is 13.0 Å². The van der Waals surface area contributed by atoms with E-state index < -0.39 is 5.72 Å². The molecular weight excluding hydrogens is 242 g/mol. The summed E-state index contributed by atoms with van der Waals surface area (Å²) in [6.07, 6.45) is 3.28. The second-order valence-corrected chi connectivity index (χ2v) is 6.89. The molecule has 4 heteroatoms. The molecule has 2 heterocycles. The van der Waals surface area contributed by atoms with Gasteiger partial charge in [-0.25, -0.2) is 0 Å². The summed E-state index contributed by atoms with van der Waals surface area (Å²) < 4.78 is 5.97. The van der Waals surface area contributed by atoms with E-state index in [1.54, 1.807) is 0 Å². The lowest BCUT2D eigenvalue weighted by Crippen LogP contribution is -2.46. The van der Waals surface area contributed by atoms with Crippen LogP contribution in [-0.2, 0) is 9.53 Å². The number of carbonyl (C=O) groups is 1. The molecule has 0 radical (unpaired) electrons. The lowest BCUT2D eigenvalue weighted by atomic mass is 9.81. The summed E-state index contributed by atoms with van der Waals surface area (Å²) in [5, 5.41) is 8.90. The van der Waals surface area contributed by atoms with Crippen LogP contribution < -0.4 is 0 Å². The van der Waals surface area contributed by atoms with Gasteiger partial charge in [0.15, 0.2) is 0 Å². The molecule has 0 bridgehead atoms. The fourth-order valence-corrected chi connectivity index (χ4v) is 3.66. The topological polar surface area (TPSA) is 49.8 Å². The fraction of sp³-hybridized carbons (Fsp3) is 0.933. The molecule has 1 amide bonds. The van der Waals surface area contributed by atoms with Crippen LogP contribution in [0, 0.1) is 11.3 Å². The summed E-state index contributed by atoms with van der Waals surface area (Å²) in [7, 11) is 0. The van der Waals surface area contributed by atoms with E-state index in [9.17, 15) is 4.79 Å². The Labute approximate surface area is 116 Å². The molecule has 2 fully saturated rings. The lowest BCUT2D eigenvalue weighted by Gasteiger charge is -2.31. The summed E-state index contributed by atoms with van der Waals surface area (Å²) in [5.74, 6) is 0.662. The molecule has 0 unspecified atom stereocenters. The average Bonchev–Trinajstić information content (AvgIpc) is 2.73. The van der Waals surface area contributed by atoms with Gasteiger partial charge in [0.05, 0.1) is 18.1 Å². The third-order valence-electron chi connectivity index (χ3n) is 4.77. The van der Waals surface area contributed by atoms with E-state index in [0.29, 0.717) is 12.5 Å². The molecule has 1 N–H and O–H groups in total. The minimum atomic E-state index is -0.417. The smallest absolute Gasteiger partial charge is 0.231 e. The van der Waals surface area contributed by atoms with Gasteiger partial charge in [-0.15, -0.1) is 0 Å². The second kappa shape index (κ2) is 5.06. The van der Waals surface area contributed by atoms with Gasteiger partial charge in [-0.2, -0.15) is 0 Å². The van der Waals surface area contributed by atoms with Crippen molar-refractivity contribution in [1.82, 2.24) is 4.90 Å². The summed E-state index contributed by atoms with van der Waals surface area (Å²) in [5.41, 5.74) is -0.739. The number of amides is 1. The zero-order valence-electron chi connectivity index (χ0n) is 12.6. The molecule has 2 aliphatic heterocycles. The van der Waals surface area contributed by atoms with E-state index >= 15 is 0 Å². The predicted octanol–water partition coefficient (Wildman–Crippen LogP) is 2.16. The van der Waals surface area contributed by atoms with Gasteiger partial charge in [0.2, 0.25) is 5.91 Å². The van der Waals surface area contributed by atoms with Gasteiger partial charge in [-0.05, 0) is 25.7 Å². The molecular formula is C15H27NO3. The molecule has 19 heavy (non-hydrogen) atoms. The molecule has 0 aromatic rings. The van der Waals surface area contributed by atoms with E-state index in [1.165, 1.54) is 0 Å². The zero-order valence-corrected chi connectivity index (χ0v) is 12.6. The number of unbranched alkanes of at least 4 members (excludes halogenated alkanes) is 1. The Morgan fingerprint density at radius 3 is 2.68 bits per heavy atom. The number of nitrogens with zero attached hydrogens (tertiary/aromatic N) is 1. The van der Waals surface area contributed by atoms with Crippen LogP contribution in [0.2, 0.25) is 0 Å². The number of aliphatic hydroxyl groups is 1. The van der Waals surface area contributed by atoms with Crippen LogP contribution in [0.25, 0.3) is 0 Å². The van der Waals surface area contributed by atoms with Crippen LogP contribution in [0.1, 0.15) is 53.4 Å². The maximum Gasteiger partial charge on any atom is 0.231 e. The normalized spacial score (nSPS) is 38.3. The van der Waals surface area contributed by atoms with Crippen LogP contribution in [0.4, 0.5) is 0 Å². The highest BCUT2D eigenvalue weighted by atomic mass is 16.5. The van der Waals surface area contributed by atoms with Gasteiger partial charge in [0.1, 0.15) is 5.72 Å². The second-order valence-electron chi connectivity index (χ2n) is 6.89. The van der Waals surface area contributed by atoms with Crippen molar-refractivity contribution in [2.75, 3.05) is 13.2 Å². The molecule has 2 aliphatic rings. The summed E-state index contributed by atoms with van der Waals surface area (Å²) in [6, 6.07) is 0.206. The molecule has 0 aliphatic carbocycles. The molecule has 2 saturated heterocycles. The van der Waals surface area contributed by atoms with Gasteiger partial charge in [-0.1, -0.05) is 27.2 Å². The van der Waals surface area contributed by atoms with Crippen molar-refractivity contribution in [1.29, 1.82) is 0 Å². The van der Waals surface area contributed by atoms with Crippen molar-refractivity contribution in [3.05, 3.63) is 0 Å². The molecule has 0 saturated carbocycles. The Kier molecular flexibility index (Phi) is 3.94. The third-order valence-corrected chi connectivity index (χ3v) is 4.77. The van der Waals surface area contributed by atoms with E-state index in [0.717, 1.165) is 25.7 Å². The quantitative estimate of drug-likeness (QED) is 0.778. The molecule has 0 aromatic heterocycles. The highest BCUT2D eigenvalue weighted by molar-refractivity contribution is 5.86. The molecule has 110 valence electrons. The van der Waals surface area contributed by atoms with Crippen LogP contribution in [-0.4, -0.2) is 40.9 Å². The van der Waals surface area contributed by atoms with Crippen LogP contribution in [0.15, 0.2) is 0 Å². The minimum absolute atomic E-state index is 0.205. The Morgan fingerprint density at radius 1 is 1.42 bits per heavy atom. The number of hydrogen-bond acceptors (Lipinski definition) is 3. The first kappa shape index (κ1) is 14.8. The largest absolute Gasteiger partial charge is 0.396 e. The van der Waals surface area contributed by atoms with Gasteiger partial charge >= 0.3 is 0 Å². The van der Waals surface area contributed by atoms with Gasteiger partial charge < -0.3 is 14.7 Å². The number of fused-ring (bicyclic) bond motifs is 1. The fourth-order valence-electron chi connectivity index (χ4n) is 3.66. The van der Waals surface area contributed by atoms with E-state index in [1.807, 2.05) is 11.8 Å². The monoisotopic (exact) mass is 269 g/mol. The Morgan fingerprint density at radius 2 is 2.11 bits per heavy atom. The molecule has 0 aromatic carbocycles. The Balaban J connectivity index is 2.14. The number of hydrogen-bond donors (Lipinski definition) is 1. The zero-order chi connectivity index (χ0) is 14.3. The van der Waals surface area contributed by atoms with Crippen molar-refractivity contribution in [2.45, 2.75) is 65.1 Å². The summed E-state index contributed by atoms with van der Waals surface area (Å²) >= 11 is 0. The number of carbonyl (C=O) groups excluding carboxylic acids is 1. The maximum absolute atomic E-state index is 12.8. The van der Waals surface area contributed by atoms with Crippen molar-refractivity contribution in [2.24, 2.45) is 11.3 Å². The molecule has 0 spiro atoms. The SMILES string of the molecule is CC(C)[C@H]1CO[C@]2(C)C[C@@](C)(CCCCO)C(=O)N12. The molecule has 4 nitrogen and oxygen atoms in total. The molecule has 3 atom stereocenters. The van der Waals surface area contributed by atoms with Crippen molar-refractivity contribution < 1.29 is 14.6 Å². The number of aliphatic hydroxyl groups excluding tert-OH is 1. The average molecular weight is 269 g/mol. The number of rotatable bonds is 5. The van der Waals surface area contributed by atoms with Crippen molar-refractivity contribution >= 4 is 5.91 Å².